The number of aryl methyl sites for hydroxylation is 1. The van der Waals surface area contributed by atoms with Crippen molar-refractivity contribution < 1.29 is 9.53 Å². The Morgan fingerprint density at radius 2 is 1.50 bits per heavy atom. The molecule has 0 fully saturated rings. The minimum Gasteiger partial charge on any atom is -0.497 e. The molecule has 2 aromatic heterocycles. The molecule has 0 saturated carbocycles. The SMILES string of the molecule is COc1ccc2[nH]cc(CC(=O)NCCCc3cn(C(c4ccccc4)(c4ccccc4)c4ccccc4)cn3)c2c1. The van der Waals surface area contributed by atoms with Crippen molar-refractivity contribution in [2.75, 3.05) is 13.7 Å². The van der Waals surface area contributed by atoms with Crippen LogP contribution in [0.5, 0.6) is 5.75 Å². The minimum absolute atomic E-state index is 0.000462. The fraction of sp³-hybridized carbons (Fsp3) is 0.167. The number of nitrogens with zero attached hydrogens (tertiary/aromatic N) is 2. The predicted molar refractivity (Wildman–Crippen MR) is 167 cm³/mol. The van der Waals surface area contributed by atoms with Crippen LogP contribution < -0.4 is 10.1 Å². The fourth-order valence-electron chi connectivity index (χ4n) is 5.82. The van der Waals surface area contributed by atoms with Crippen LogP contribution in [0, 0.1) is 0 Å². The van der Waals surface area contributed by atoms with E-state index in [1.807, 2.05) is 48.9 Å². The van der Waals surface area contributed by atoms with E-state index < -0.39 is 5.54 Å². The Morgan fingerprint density at radius 3 is 2.10 bits per heavy atom. The van der Waals surface area contributed by atoms with Gasteiger partial charge in [0.2, 0.25) is 5.91 Å². The van der Waals surface area contributed by atoms with Gasteiger partial charge in [-0.2, -0.15) is 0 Å². The molecule has 0 aliphatic rings. The summed E-state index contributed by atoms with van der Waals surface area (Å²) < 4.78 is 7.58. The van der Waals surface area contributed by atoms with Crippen LogP contribution in [-0.2, 0) is 23.2 Å². The number of amides is 1. The van der Waals surface area contributed by atoms with Crippen molar-refractivity contribution in [3.05, 3.63) is 156 Å². The van der Waals surface area contributed by atoms with Gasteiger partial charge in [0, 0.05) is 29.8 Å². The van der Waals surface area contributed by atoms with Crippen molar-refractivity contribution in [1.82, 2.24) is 19.9 Å². The van der Waals surface area contributed by atoms with E-state index >= 15 is 0 Å². The van der Waals surface area contributed by atoms with Gasteiger partial charge in [-0.25, -0.2) is 4.98 Å². The van der Waals surface area contributed by atoms with Crippen LogP contribution in [0.3, 0.4) is 0 Å². The van der Waals surface area contributed by atoms with Crippen LogP contribution in [0.4, 0.5) is 0 Å². The number of imidazole rings is 1. The topological polar surface area (TPSA) is 71.9 Å². The van der Waals surface area contributed by atoms with Gasteiger partial charge >= 0.3 is 0 Å². The van der Waals surface area contributed by atoms with E-state index in [1.54, 1.807) is 7.11 Å². The highest BCUT2D eigenvalue weighted by atomic mass is 16.5. The second kappa shape index (κ2) is 12.2. The van der Waals surface area contributed by atoms with Crippen molar-refractivity contribution in [2.45, 2.75) is 24.8 Å². The summed E-state index contributed by atoms with van der Waals surface area (Å²) in [6, 6.07) is 37.6. The quantitative estimate of drug-likeness (QED) is 0.142. The largest absolute Gasteiger partial charge is 0.497 e. The first-order valence-corrected chi connectivity index (χ1v) is 14.3. The number of rotatable bonds is 11. The highest BCUT2D eigenvalue weighted by molar-refractivity contribution is 5.89. The van der Waals surface area contributed by atoms with Crippen molar-refractivity contribution in [3.8, 4) is 5.75 Å². The molecule has 0 atom stereocenters. The monoisotopic (exact) mass is 554 g/mol. The van der Waals surface area contributed by atoms with Crippen molar-refractivity contribution in [1.29, 1.82) is 0 Å². The summed E-state index contributed by atoms with van der Waals surface area (Å²) in [5, 5.41) is 4.09. The smallest absolute Gasteiger partial charge is 0.224 e. The average Bonchev–Trinajstić information content (AvgIpc) is 3.68. The number of nitrogens with one attached hydrogen (secondary N) is 2. The third-order valence-electron chi connectivity index (χ3n) is 7.86. The number of aromatic nitrogens is 3. The lowest BCUT2D eigenvalue weighted by Crippen LogP contribution is -2.36. The molecule has 0 aliphatic heterocycles. The number of aromatic amines is 1. The number of carbonyl (C=O) groups is 1. The summed E-state index contributed by atoms with van der Waals surface area (Å²) in [4.78, 5) is 20.8. The third-order valence-corrected chi connectivity index (χ3v) is 7.86. The first-order chi connectivity index (χ1) is 20.7. The van der Waals surface area contributed by atoms with Gasteiger partial charge in [-0.15, -0.1) is 0 Å². The van der Waals surface area contributed by atoms with E-state index in [2.05, 4.69) is 93.9 Å². The predicted octanol–water partition coefficient (Wildman–Crippen LogP) is 6.50. The molecule has 6 rings (SSSR count). The highest BCUT2D eigenvalue weighted by Crippen LogP contribution is 2.40. The van der Waals surface area contributed by atoms with Gasteiger partial charge < -0.3 is 19.6 Å². The lowest BCUT2D eigenvalue weighted by molar-refractivity contribution is -0.120. The number of hydrogen-bond donors (Lipinski definition) is 2. The molecular formula is C36H34N4O2. The summed E-state index contributed by atoms with van der Waals surface area (Å²) >= 11 is 0. The normalized spacial score (nSPS) is 11.5. The Balaban J connectivity index is 1.18. The van der Waals surface area contributed by atoms with Crippen LogP contribution in [0.25, 0.3) is 10.9 Å². The first kappa shape index (κ1) is 27.1. The van der Waals surface area contributed by atoms with Crippen LogP contribution in [0.15, 0.2) is 128 Å². The Bertz CT molecular complexity index is 1660. The van der Waals surface area contributed by atoms with E-state index in [0.717, 1.165) is 57.4 Å². The summed E-state index contributed by atoms with van der Waals surface area (Å²) in [6.45, 7) is 0.582. The molecule has 6 nitrogen and oxygen atoms in total. The molecule has 0 radical (unpaired) electrons. The van der Waals surface area contributed by atoms with E-state index in [4.69, 9.17) is 9.72 Å². The lowest BCUT2D eigenvalue weighted by atomic mass is 9.77. The number of fused-ring (bicyclic) bond motifs is 1. The van der Waals surface area contributed by atoms with Crippen LogP contribution in [0.2, 0.25) is 0 Å². The van der Waals surface area contributed by atoms with Gasteiger partial charge in [-0.05, 0) is 53.3 Å². The highest BCUT2D eigenvalue weighted by Gasteiger charge is 2.38. The number of carbonyl (C=O) groups excluding carboxylic acids is 1. The molecule has 0 unspecified atom stereocenters. The van der Waals surface area contributed by atoms with Gasteiger partial charge in [0.25, 0.3) is 0 Å². The molecule has 0 saturated heterocycles. The maximum absolute atomic E-state index is 12.8. The Hall–Kier alpha value is -5.10. The van der Waals surface area contributed by atoms with Gasteiger partial charge in [0.05, 0.1) is 25.6 Å². The third kappa shape index (κ3) is 5.31. The molecule has 0 bridgehead atoms. The van der Waals surface area contributed by atoms with Gasteiger partial charge in [-0.1, -0.05) is 91.0 Å². The zero-order chi connectivity index (χ0) is 28.8. The maximum atomic E-state index is 12.8. The van der Waals surface area contributed by atoms with Crippen molar-refractivity contribution >= 4 is 16.8 Å². The molecule has 210 valence electrons. The number of ether oxygens (including phenoxy) is 1. The molecular weight excluding hydrogens is 520 g/mol. The van der Waals surface area contributed by atoms with Gasteiger partial charge in [0.15, 0.2) is 0 Å². The molecule has 6 heteroatoms. The zero-order valence-electron chi connectivity index (χ0n) is 23.7. The number of benzene rings is 4. The van der Waals surface area contributed by atoms with E-state index in [1.165, 1.54) is 0 Å². The summed E-state index contributed by atoms with van der Waals surface area (Å²) in [6.07, 6.45) is 7.84. The number of H-pyrrole nitrogens is 1. The summed E-state index contributed by atoms with van der Waals surface area (Å²) in [5.74, 6) is 0.777. The van der Waals surface area contributed by atoms with E-state index in [9.17, 15) is 4.79 Å². The Morgan fingerprint density at radius 1 is 0.881 bits per heavy atom. The maximum Gasteiger partial charge on any atom is 0.224 e. The molecule has 0 aliphatic carbocycles. The second-order valence-corrected chi connectivity index (χ2v) is 10.4. The average molecular weight is 555 g/mol. The van der Waals surface area contributed by atoms with Gasteiger partial charge in [-0.3, -0.25) is 4.79 Å². The zero-order valence-corrected chi connectivity index (χ0v) is 23.7. The number of methoxy groups -OCH3 is 1. The van der Waals surface area contributed by atoms with Gasteiger partial charge in [0.1, 0.15) is 11.3 Å². The standard InChI is InChI=1S/C36H34N4O2/c1-42-32-19-20-34-33(23-32)27(24-38-34)22-35(41)37-21-11-18-31-25-40(26-39-31)36(28-12-5-2-6-13-28,29-14-7-3-8-15-29)30-16-9-4-10-17-30/h2-10,12-17,19-20,23-26,38H,11,18,21-22H2,1H3,(H,37,41). The summed E-state index contributed by atoms with van der Waals surface area (Å²) in [7, 11) is 1.65. The van der Waals surface area contributed by atoms with Crippen molar-refractivity contribution in [3.63, 3.8) is 0 Å². The fourth-order valence-corrected chi connectivity index (χ4v) is 5.82. The summed E-state index contributed by atoms with van der Waals surface area (Å²) in [5.41, 5.74) is 5.84. The molecule has 4 aromatic carbocycles. The molecule has 1 amide bonds. The molecule has 0 spiro atoms. The second-order valence-electron chi connectivity index (χ2n) is 10.4. The molecule has 6 aromatic rings. The minimum atomic E-state index is -0.578. The lowest BCUT2D eigenvalue weighted by Gasteiger charge is -2.37. The Labute approximate surface area is 246 Å². The Kier molecular flexibility index (Phi) is 7.86. The van der Waals surface area contributed by atoms with Crippen LogP contribution in [0.1, 0.15) is 34.4 Å². The van der Waals surface area contributed by atoms with Crippen LogP contribution in [-0.4, -0.2) is 34.1 Å². The van der Waals surface area contributed by atoms with Crippen molar-refractivity contribution in [2.24, 2.45) is 0 Å². The molecule has 42 heavy (non-hydrogen) atoms. The number of hydrogen-bond acceptors (Lipinski definition) is 3. The molecule has 2 heterocycles. The molecule has 2 N–H and O–H groups in total. The first-order valence-electron chi connectivity index (χ1n) is 14.3. The van der Waals surface area contributed by atoms with Crippen LogP contribution >= 0.6 is 0 Å². The van der Waals surface area contributed by atoms with E-state index in [0.29, 0.717) is 13.0 Å². The van der Waals surface area contributed by atoms with E-state index in [-0.39, 0.29) is 5.91 Å².